The van der Waals surface area contributed by atoms with Gasteiger partial charge < -0.3 is 20.1 Å². The minimum absolute atomic E-state index is 0.153. The topological polar surface area (TPSA) is 86.4 Å². The van der Waals surface area contributed by atoms with Crippen LogP contribution in [0, 0.1) is 0 Å². The summed E-state index contributed by atoms with van der Waals surface area (Å²) in [6, 6.07) is 0.247. The van der Waals surface area contributed by atoms with Crippen molar-refractivity contribution in [1.82, 2.24) is 15.0 Å². The second kappa shape index (κ2) is 6.95. The summed E-state index contributed by atoms with van der Waals surface area (Å²) < 4.78 is 10.7. The molecular weight excluding hydrogens is 234 g/mol. The van der Waals surface area contributed by atoms with Crippen LogP contribution in [0.2, 0.25) is 0 Å². The van der Waals surface area contributed by atoms with Crippen LogP contribution in [0.4, 0.5) is 11.9 Å². The maximum atomic E-state index is 5.60. The third-order valence-electron chi connectivity index (χ3n) is 2.11. The van der Waals surface area contributed by atoms with Gasteiger partial charge in [-0.25, -0.2) is 0 Å². The van der Waals surface area contributed by atoms with Gasteiger partial charge in [-0.2, -0.15) is 15.0 Å². The molecule has 1 rings (SSSR count). The van der Waals surface area contributed by atoms with Gasteiger partial charge in [-0.05, 0) is 20.8 Å². The molecule has 0 unspecified atom stereocenters. The number of rotatable bonds is 7. The number of ether oxygens (including phenoxy) is 2. The molecule has 0 amide bonds. The molecule has 1 aromatic rings. The minimum Gasteiger partial charge on any atom is -0.464 e. The van der Waals surface area contributed by atoms with Crippen LogP contribution >= 0.6 is 0 Å². The molecule has 18 heavy (non-hydrogen) atoms. The second-order valence-electron chi connectivity index (χ2n) is 4.05. The summed E-state index contributed by atoms with van der Waals surface area (Å²) in [5, 5.41) is 0. The van der Waals surface area contributed by atoms with E-state index in [9.17, 15) is 0 Å². The van der Waals surface area contributed by atoms with E-state index in [1.54, 1.807) is 0 Å². The number of nitrogens with zero attached hydrogens (tertiary/aromatic N) is 4. The van der Waals surface area contributed by atoms with E-state index in [-0.39, 0.29) is 18.1 Å². The summed E-state index contributed by atoms with van der Waals surface area (Å²) in [5.41, 5.74) is 5.60. The van der Waals surface area contributed by atoms with Crippen molar-refractivity contribution >= 4 is 11.9 Å². The zero-order chi connectivity index (χ0) is 13.5. The summed E-state index contributed by atoms with van der Waals surface area (Å²) >= 11 is 0. The molecule has 7 heteroatoms. The fraction of sp³-hybridized carbons (Fsp3) is 0.727. The average molecular weight is 255 g/mol. The van der Waals surface area contributed by atoms with Gasteiger partial charge in [-0.1, -0.05) is 0 Å². The van der Waals surface area contributed by atoms with E-state index >= 15 is 0 Å². The maximum Gasteiger partial charge on any atom is 0.323 e. The third-order valence-corrected chi connectivity index (χ3v) is 2.11. The van der Waals surface area contributed by atoms with Crippen LogP contribution in [0.15, 0.2) is 0 Å². The van der Waals surface area contributed by atoms with Gasteiger partial charge in [0.2, 0.25) is 11.9 Å². The Morgan fingerprint density at radius 3 is 2.61 bits per heavy atom. The van der Waals surface area contributed by atoms with Crippen molar-refractivity contribution in [1.29, 1.82) is 0 Å². The SMILES string of the molecule is CCOc1nc(N)nc(N(C)CCOC(C)C)n1. The molecule has 0 radical (unpaired) electrons. The Morgan fingerprint density at radius 1 is 1.28 bits per heavy atom. The maximum absolute atomic E-state index is 5.60. The largest absolute Gasteiger partial charge is 0.464 e. The van der Waals surface area contributed by atoms with Gasteiger partial charge in [0.15, 0.2) is 0 Å². The molecule has 102 valence electrons. The van der Waals surface area contributed by atoms with E-state index in [1.165, 1.54) is 0 Å². The molecule has 0 aromatic carbocycles. The van der Waals surface area contributed by atoms with Crippen molar-refractivity contribution < 1.29 is 9.47 Å². The van der Waals surface area contributed by atoms with Crippen molar-refractivity contribution in [2.45, 2.75) is 26.9 Å². The molecule has 0 aliphatic carbocycles. The van der Waals surface area contributed by atoms with Gasteiger partial charge in [0, 0.05) is 13.6 Å². The van der Waals surface area contributed by atoms with Gasteiger partial charge >= 0.3 is 6.01 Å². The molecule has 0 fully saturated rings. The molecule has 0 bridgehead atoms. The lowest BCUT2D eigenvalue weighted by atomic mass is 10.5. The van der Waals surface area contributed by atoms with Gasteiger partial charge in [0.1, 0.15) is 0 Å². The van der Waals surface area contributed by atoms with E-state index in [0.29, 0.717) is 25.7 Å². The Balaban J connectivity index is 2.63. The number of hydrogen-bond acceptors (Lipinski definition) is 7. The number of aromatic nitrogens is 3. The fourth-order valence-electron chi connectivity index (χ4n) is 1.25. The highest BCUT2D eigenvalue weighted by molar-refractivity contribution is 5.34. The number of nitrogens with two attached hydrogens (primary N) is 1. The number of likely N-dealkylation sites (N-methyl/N-ethyl adjacent to an activating group) is 1. The molecule has 0 saturated carbocycles. The molecule has 2 N–H and O–H groups in total. The zero-order valence-corrected chi connectivity index (χ0v) is 11.4. The number of hydrogen-bond donors (Lipinski definition) is 1. The van der Waals surface area contributed by atoms with Crippen molar-refractivity contribution in [3.05, 3.63) is 0 Å². The summed E-state index contributed by atoms with van der Waals surface area (Å²) in [7, 11) is 1.87. The van der Waals surface area contributed by atoms with E-state index in [4.69, 9.17) is 15.2 Å². The van der Waals surface area contributed by atoms with E-state index in [2.05, 4.69) is 15.0 Å². The Bertz CT molecular complexity index is 372. The molecule has 1 heterocycles. The molecule has 0 saturated heterocycles. The first-order chi connectivity index (χ1) is 8.52. The lowest BCUT2D eigenvalue weighted by molar-refractivity contribution is 0.0844. The first-order valence-electron chi connectivity index (χ1n) is 6.00. The van der Waals surface area contributed by atoms with Crippen molar-refractivity contribution in [3.8, 4) is 6.01 Å². The van der Waals surface area contributed by atoms with E-state index in [1.807, 2.05) is 32.7 Å². The molecular formula is C11H21N5O2. The lowest BCUT2D eigenvalue weighted by Crippen LogP contribution is -2.26. The number of nitrogen functional groups attached to an aromatic ring is 1. The van der Waals surface area contributed by atoms with Crippen molar-refractivity contribution in [2.75, 3.05) is 37.4 Å². The predicted molar refractivity (Wildman–Crippen MR) is 69.8 cm³/mol. The highest BCUT2D eigenvalue weighted by Gasteiger charge is 2.09. The van der Waals surface area contributed by atoms with Gasteiger partial charge in [-0.3, -0.25) is 0 Å². The highest BCUT2D eigenvalue weighted by Crippen LogP contribution is 2.11. The summed E-state index contributed by atoms with van der Waals surface area (Å²) in [6.45, 7) is 7.61. The smallest absolute Gasteiger partial charge is 0.323 e. The fourth-order valence-corrected chi connectivity index (χ4v) is 1.25. The van der Waals surface area contributed by atoms with Gasteiger partial charge in [0.25, 0.3) is 0 Å². The molecule has 0 atom stereocenters. The van der Waals surface area contributed by atoms with E-state index < -0.39 is 0 Å². The van der Waals surface area contributed by atoms with Crippen LogP contribution in [-0.2, 0) is 4.74 Å². The Labute approximate surface area is 107 Å². The highest BCUT2D eigenvalue weighted by atomic mass is 16.5. The van der Waals surface area contributed by atoms with Gasteiger partial charge in [-0.15, -0.1) is 0 Å². The first-order valence-corrected chi connectivity index (χ1v) is 6.00. The molecule has 0 spiro atoms. The summed E-state index contributed by atoms with van der Waals surface area (Å²) in [5.74, 6) is 0.637. The first kappa shape index (κ1) is 14.4. The van der Waals surface area contributed by atoms with Crippen LogP contribution in [0.25, 0.3) is 0 Å². The lowest BCUT2D eigenvalue weighted by Gasteiger charge is -2.18. The summed E-state index contributed by atoms with van der Waals surface area (Å²) in [4.78, 5) is 14.0. The Kier molecular flexibility index (Phi) is 5.57. The Hall–Kier alpha value is -1.63. The molecule has 7 nitrogen and oxygen atoms in total. The average Bonchev–Trinajstić information content (AvgIpc) is 2.28. The standard InChI is InChI=1S/C11H21N5O2/c1-5-17-11-14-9(12)13-10(15-11)16(4)6-7-18-8(2)3/h8H,5-7H2,1-4H3,(H2,12,13,14,15). The molecule has 1 aromatic heterocycles. The minimum atomic E-state index is 0.153. The van der Waals surface area contributed by atoms with Gasteiger partial charge in [0.05, 0.1) is 19.3 Å². The van der Waals surface area contributed by atoms with Crippen LogP contribution in [-0.4, -0.2) is 47.9 Å². The Morgan fingerprint density at radius 2 is 2.00 bits per heavy atom. The molecule has 0 aliphatic heterocycles. The quantitative estimate of drug-likeness (QED) is 0.768. The van der Waals surface area contributed by atoms with Crippen molar-refractivity contribution in [3.63, 3.8) is 0 Å². The van der Waals surface area contributed by atoms with Crippen LogP contribution in [0.5, 0.6) is 6.01 Å². The third kappa shape index (κ3) is 4.70. The van der Waals surface area contributed by atoms with Crippen LogP contribution in [0.1, 0.15) is 20.8 Å². The zero-order valence-electron chi connectivity index (χ0n) is 11.4. The number of anilines is 2. The van der Waals surface area contributed by atoms with E-state index in [0.717, 1.165) is 0 Å². The second-order valence-corrected chi connectivity index (χ2v) is 4.05. The molecule has 0 aliphatic rings. The van der Waals surface area contributed by atoms with Crippen molar-refractivity contribution in [2.24, 2.45) is 0 Å². The van der Waals surface area contributed by atoms with Crippen LogP contribution in [0.3, 0.4) is 0 Å². The normalized spacial score (nSPS) is 10.7. The predicted octanol–water partition coefficient (Wildman–Crippen LogP) is 0.714. The monoisotopic (exact) mass is 255 g/mol. The summed E-state index contributed by atoms with van der Waals surface area (Å²) in [6.07, 6.45) is 0.209. The van der Waals surface area contributed by atoms with Crippen LogP contribution < -0.4 is 15.4 Å².